The first kappa shape index (κ1) is 17.5. The Bertz CT molecular complexity index is 1080. The number of aromatic nitrogens is 2. The van der Waals surface area contributed by atoms with E-state index in [2.05, 4.69) is 58.0 Å². The van der Waals surface area contributed by atoms with E-state index >= 15 is 0 Å². The number of carbonyl (C=O) groups excluding carboxylic acids is 1. The van der Waals surface area contributed by atoms with Crippen molar-refractivity contribution in [1.29, 1.82) is 0 Å². The van der Waals surface area contributed by atoms with Crippen molar-refractivity contribution < 1.29 is 4.79 Å². The standard InChI is InChI=1S/C22H21N3OS/c1-15-8-10-18(11-9-15)19-14-24-22-25(19)16(2)20(27-22)21(26)23-13-12-17-6-4-3-5-7-17/h3-11,14H,12-13H2,1-2H3,(H,23,26). The van der Waals surface area contributed by atoms with Gasteiger partial charge in [-0.15, -0.1) is 0 Å². The molecule has 0 atom stereocenters. The number of carbonyl (C=O) groups is 1. The van der Waals surface area contributed by atoms with Gasteiger partial charge in [0.15, 0.2) is 4.96 Å². The number of nitrogens with one attached hydrogen (secondary N) is 1. The molecule has 0 saturated heterocycles. The summed E-state index contributed by atoms with van der Waals surface area (Å²) in [5.74, 6) is -0.0335. The summed E-state index contributed by atoms with van der Waals surface area (Å²) in [7, 11) is 0. The average molecular weight is 375 g/mol. The molecule has 2 aromatic carbocycles. The monoisotopic (exact) mass is 375 g/mol. The van der Waals surface area contributed by atoms with Crippen molar-refractivity contribution in [3.05, 3.63) is 82.5 Å². The van der Waals surface area contributed by atoms with Crippen LogP contribution >= 0.6 is 11.3 Å². The molecule has 1 amide bonds. The van der Waals surface area contributed by atoms with Crippen LogP contribution in [0.1, 0.15) is 26.5 Å². The van der Waals surface area contributed by atoms with E-state index < -0.39 is 0 Å². The van der Waals surface area contributed by atoms with Gasteiger partial charge in [-0.3, -0.25) is 9.20 Å². The van der Waals surface area contributed by atoms with Crippen molar-refractivity contribution in [2.45, 2.75) is 20.3 Å². The smallest absolute Gasteiger partial charge is 0.263 e. The zero-order valence-electron chi connectivity index (χ0n) is 15.4. The number of benzene rings is 2. The van der Waals surface area contributed by atoms with E-state index in [-0.39, 0.29) is 5.91 Å². The van der Waals surface area contributed by atoms with Crippen LogP contribution in [0.25, 0.3) is 16.2 Å². The molecular formula is C22H21N3OS. The summed E-state index contributed by atoms with van der Waals surface area (Å²) < 4.78 is 2.07. The fourth-order valence-electron chi connectivity index (χ4n) is 3.18. The highest BCUT2D eigenvalue weighted by Crippen LogP contribution is 2.29. The number of thiazole rings is 1. The zero-order valence-corrected chi connectivity index (χ0v) is 16.2. The van der Waals surface area contributed by atoms with Gasteiger partial charge in [0, 0.05) is 17.8 Å². The van der Waals surface area contributed by atoms with Crippen molar-refractivity contribution in [3.8, 4) is 11.3 Å². The Balaban J connectivity index is 1.55. The summed E-state index contributed by atoms with van der Waals surface area (Å²) in [6.45, 7) is 4.67. The molecule has 0 unspecified atom stereocenters. The molecule has 2 heterocycles. The molecule has 4 nitrogen and oxygen atoms in total. The minimum absolute atomic E-state index is 0.0335. The molecular weight excluding hydrogens is 354 g/mol. The molecule has 0 aliphatic carbocycles. The van der Waals surface area contributed by atoms with E-state index in [0.717, 1.165) is 33.2 Å². The van der Waals surface area contributed by atoms with Crippen LogP contribution in [-0.2, 0) is 6.42 Å². The summed E-state index contributed by atoms with van der Waals surface area (Å²) in [5, 5.41) is 3.04. The van der Waals surface area contributed by atoms with Crippen molar-refractivity contribution in [3.63, 3.8) is 0 Å². The highest BCUT2D eigenvalue weighted by Gasteiger charge is 2.19. The summed E-state index contributed by atoms with van der Waals surface area (Å²) in [5.41, 5.74) is 5.49. The lowest BCUT2D eigenvalue weighted by Crippen LogP contribution is -2.25. The van der Waals surface area contributed by atoms with Gasteiger partial charge in [-0.1, -0.05) is 71.5 Å². The predicted molar refractivity (Wildman–Crippen MR) is 110 cm³/mol. The molecule has 0 saturated carbocycles. The fraction of sp³-hybridized carbons (Fsp3) is 0.182. The summed E-state index contributed by atoms with van der Waals surface area (Å²) in [4.78, 5) is 18.8. The Morgan fingerprint density at radius 2 is 1.81 bits per heavy atom. The van der Waals surface area contributed by atoms with E-state index in [4.69, 9.17) is 0 Å². The largest absolute Gasteiger partial charge is 0.351 e. The first-order chi connectivity index (χ1) is 13.1. The molecule has 27 heavy (non-hydrogen) atoms. The lowest BCUT2D eigenvalue weighted by Gasteiger charge is -2.06. The highest BCUT2D eigenvalue weighted by molar-refractivity contribution is 7.19. The van der Waals surface area contributed by atoms with Crippen LogP contribution in [0.5, 0.6) is 0 Å². The third kappa shape index (κ3) is 3.51. The van der Waals surface area contributed by atoms with E-state index in [1.807, 2.05) is 31.3 Å². The van der Waals surface area contributed by atoms with Gasteiger partial charge in [0.2, 0.25) is 0 Å². The van der Waals surface area contributed by atoms with Crippen LogP contribution in [0.15, 0.2) is 60.8 Å². The van der Waals surface area contributed by atoms with Crippen LogP contribution in [0.2, 0.25) is 0 Å². The number of rotatable bonds is 5. The fourth-order valence-corrected chi connectivity index (χ4v) is 4.20. The van der Waals surface area contributed by atoms with Crippen LogP contribution in [0, 0.1) is 13.8 Å². The first-order valence-electron chi connectivity index (χ1n) is 8.99. The van der Waals surface area contributed by atoms with Crippen molar-refractivity contribution >= 4 is 22.2 Å². The molecule has 4 rings (SSSR count). The molecule has 0 aliphatic rings. The van der Waals surface area contributed by atoms with Crippen LogP contribution in [0.3, 0.4) is 0 Å². The third-order valence-electron chi connectivity index (χ3n) is 4.68. The average Bonchev–Trinajstić information content (AvgIpc) is 3.24. The normalized spacial score (nSPS) is 11.0. The Morgan fingerprint density at radius 3 is 2.56 bits per heavy atom. The number of nitrogens with zero attached hydrogens (tertiary/aromatic N) is 2. The van der Waals surface area contributed by atoms with Crippen LogP contribution in [0.4, 0.5) is 0 Å². The maximum Gasteiger partial charge on any atom is 0.263 e. The number of hydrogen-bond acceptors (Lipinski definition) is 3. The lowest BCUT2D eigenvalue weighted by molar-refractivity contribution is 0.0957. The van der Waals surface area contributed by atoms with Crippen molar-refractivity contribution in [1.82, 2.24) is 14.7 Å². The Kier molecular flexibility index (Phi) is 4.77. The van der Waals surface area contributed by atoms with Crippen LogP contribution < -0.4 is 5.32 Å². The zero-order chi connectivity index (χ0) is 18.8. The van der Waals surface area contributed by atoms with E-state index in [1.165, 1.54) is 22.5 Å². The SMILES string of the molecule is Cc1ccc(-c2cnc3sc(C(=O)NCCc4ccccc4)c(C)n23)cc1. The van der Waals surface area contributed by atoms with E-state index in [0.29, 0.717) is 6.54 Å². The van der Waals surface area contributed by atoms with Crippen molar-refractivity contribution in [2.75, 3.05) is 6.54 Å². The second-order valence-corrected chi connectivity index (χ2v) is 7.61. The van der Waals surface area contributed by atoms with Crippen LogP contribution in [-0.4, -0.2) is 21.8 Å². The molecule has 1 N–H and O–H groups in total. The third-order valence-corrected chi connectivity index (χ3v) is 5.84. The Labute approximate surface area is 162 Å². The number of fused-ring (bicyclic) bond motifs is 1. The summed E-state index contributed by atoms with van der Waals surface area (Å²) in [6, 6.07) is 18.5. The highest BCUT2D eigenvalue weighted by atomic mass is 32.1. The molecule has 136 valence electrons. The minimum Gasteiger partial charge on any atom is -0.351 e. The summed E-state index contributed by atoms with van der Waals surface area (Å²) in [6.07, 6.45) is 2.70. The molecule has 0 radical (unpaired) electrons. The second-order valence-electron chi connectivity index (χ2n) is 6.64. The Hall–Kier alpha value is -2.92. The van der Waals surface area contributed by atoms with Gasteiger partial charge in [0.25, 0.3) is 5.91 Å². The first-order valence-corrected chi connectivity index (χ1v) is 9.81. The van der Waals surface area contributed by atoms with E-state index in [1.54, 1.807) is 0 Å². The van der Waals surface area contributed by atoms with Gasteiger partial charge in [0.1, 0.15) is 4.88 Å². The van der Waals surface area contributed by atoms with Crippen molar-refractivity contribution in [2.24, 2.45) is 0 Å². The maximum atomic E-state index is 12.7. The topological polar surface area (TPSA) is 46.4 Å². The van der Waals surface area contributed by atoms with Gasteiger partial charge in [-0.05, 0) is 25.8 Å². The molecule has 4 aromatic rings. The summed E-state index contributed by atoms with van der Waals surface area (Å²) >= 11 is 1.44. The minimum atomic E-state index is -0.0335. The number of hydrogen-bond donors (Lipinski definition) is 1. The van der Waals surface area contributed by atoms with Gasteiger partial charge >= 0.3 is 0 Å². The predicted octanol–water partition coefficient (Wildman–Crippen LogP) is 4.65. The number of amides is 1. The molecule has 0 spiro atoms. The Morgan fingerprint density at radius 1 is 1.07 bits per heavy atom. The number of aryl methyl sites for hydroxylation is 2. The maximum absolute atomic E-state index is 12.7. The quantitative estimate of drug-likeness (QED) is 0.552. The molecule has 5 heteroatoms. The van der Waals surface area contributed by atoms with Gasteiger partial charge in [0.05, 0.1) is 11.9 Å². The lowest BCUT2D eigenvalue weighted by atomic mass is 10.1. The molecule has 0 fully saturated rings. The number of imidazole rings is 1. The van der Waals surface area contributed by atoms with Gasteiger partial charge < -0.3 is 5.32 Å². The molecule has 0 bridgehead atoms. The molecule has 2 aromatic heterocycles. The molecule has 0 aliphatic heterocycles. The van der Waals surface area contributed by atoms with Gasteiger partial charge in [-0.25, -0.2) is 4.98 Å². The second kappa shape index (κ2) is 7.37. The van der Waals surface area contributed by atoms with Gasteiger partial charge in [-0.2, -0.15) is 0 Å². The van der Waals surface area contributed by atoms with E-state index in [9.17, 15) is 4.79 Å².